The first-order valence-electron chi connectivity index (χ1n) is 4.79. The Kier molecular flexibility index (Phi) is 2.79. The van der Waals surface area contributed by atoms with E-state index in [1.807, 2.05) is 5.43 Å². The first kappa shape index (κ1) is 11.1. The van der Waals surface area contributed by atoms with Gasteiger partial charge in [0.2, 0.25) is 0 Å². The van der Waals surface area contributed by atoms with Gasteiger partial charge in [-0.2, -0.15) is 5.10 Å². The van der Waals surface area contributed by atoms with Crippen LogP contribution in [0.15, 0.2) is 27.9 Å². The predicted octanol–water partition coefficient (Wildman–Crippen LogP) is -1.17. The second-order valence-electron chi connectivity index (χ2n) is 3.43. The molecule has 1 amide bonds. The molecule has 90 valence electrons. The van der Waals surface area contributed by atoms with Gasteiger partial charge in [-0.1, -0.05) is 0 Å². The lowest BCUT2D eigenvalue weighted by atomic mass is 10.2. The Morgan fingerprint density at radius 2 is 2.41 bits per heavy atom. The molecular weight excluding hydrogens is 226 g/mol. The number of nitrogens with zero attached hydrogens (tertiary/aromatic N) is 3. The number of carbonyl (C=O) groups is 1. The largest absolute Gasteiger partial charge is 0.459 e. The molecule has 0 spiro atoms. The Morgan fingerprint density at radius 3 is 3.00 bits per heavy atom. The number of nitrogens with two attached hydrogens (primary N) is 1. The van der Waals surface area contributed by atoms with Crippen LogP contribution >= 0.6 is 0 Å². The topological polar surface area (TPSA) is 108 Å². The van der Waals surface area contributed by atoms with E-state index in [-0.39, 0.29) is 18.0 Å². The van der Waals surface area contributed by atoms with Crippen molar-refractivity contribution in [3.8, 4) is 0 Å². The normalized spacial score (nSPS) is 10.5. The van der Waals surface area contributed by atoms with Crippen LogP contribution in [0.4, 0.5) is 0 Å². The summed E-state index contributed by atoms with van der Waals surface area (Å²) in [6.07, 6.45) is 2.75. The van der Waals surface area contributed by atoms with Gasteiger partial charge in [0.15, 0.2) is 5.76 Å². The van der Waals surface area contributed by atoms with Crippen molar-refractivity contribution in [2.75, 3.05) is 0 Å². The van der Waals surface area contributed by atoms with E-state index in [4.69, 9.17) is 10.3 Å². The molecule has 0 aliphatic heterocycles. The molecule has 0 saturated heterocycles. The molecule has 0 bridgehead atoms. The summed E-state index contributed by atoms with van der Waals surface area (Å²) in [5.74, 6) is 4.54. The third kappa shape index (κ3) is 1.97. The Hall–Kier alpha value is -2.35. The number of hydrogen-bond acceptors (Lipinski definition) is 5. The van der Waals surface area contributed by atoms with E-state index in [0.29, 0.717) is 5.56 Å². The number of aryl methyl sites for hydroxylation is 1. The van der Waals surface area contributed by atoms with Gasteiger partial charge in [0.25, 0.3) is 0 Å². The molecule has 0 fully saturated rings. The fraction of sp³-hybridized carbons (Fsp3) is 0.222. The van der Waals surface area contributed by atoms with E-state index in [1.54, 1.807) is 13.1 Å². The van der Waals surface area contributed by atoms with Crippen LogP contribution in [-0.4, -0.2) is 20.3 Å². The van der Waals surface area contributed by atoms with Crippen LogP contribution < -0.4 is 17.0 Å². The van der Waals surface area contributed by atoms with Crippen LogP contribution in [0.3, 0.4) is 0 Å². The van der Waals surface area contributed by atoms with Crippen molar-refractivity contribution in [1.82, 2.24) is 19.8 Å². The quantitative estimate of drug-likeness (QED) is 0.397. The predicted molar refractivity (Wildman–Crippen MR) is 56.9 cm³/mol. The molecule has 2 rings (SSSR count). The minimum Gasteiger partial charge on any atom is -0.459 e. The molecule has 0 saturated carbocycles. The van der Waals surface area contributed by atoms with Crippen molar-refractivity contribution < 1.29 is 9.21 Å². The number of hydrogen-bond donors (Lipinski definition) is 2. The summed E-state index contributed by atoms with van der Waals surface area (Å²) >= 11 is 0. The number of furan rings is 1. The van der Waals surface area contributed by atoms with E-state index in [0.717, 1.165) is 0 Å². The Bertz CT molecular complexity index is 594. The van der Waals surface area contributed by atoms with Crippen molar-refractivity contribution in [2.24, 2.45) is 12.9 Å². The SMILES string of the molecule is Cn1cnn(Cc2ccoc2C(=O)NN)c1=O. The highest BCUT2D eigenvalue weighted by Crippen LogP contribution is 2.10. The second kappa shape index (κ2) is 4.26. The zero-order chi connectivity index (χ0) is 12.4. The number of rotatable bonds is 3. The summed E-state index contributed by atoms with van der Waals surface area (Å²) in [6, 6.07) is 1.59. The maximum absolute atomic E-state index is 11.6. The zero-order valence-corrected chi connectivity index (χ0v) is 9.08. The third-order valence-electron chi connectivity index (χ3n) is 2.29. The molecule has 8 nitrogen and oxygen atoms in total. The average Bonchev–Trinajstić information content (AvgIpc) is 2.90. The number of nitrogen functional groups attached to an aromatic ring is 1. The molecule has 17 heavy (non-hydrogen) atoms. The Morgan fingerprint density at radius 1 is 1.65 bits per heavy atom. The summed E-state index contributed by atoms with van der Waals surface area (Å²) in [6.45, 7) is 0.152. The molecule has 3 N–H and O–H groups in total. The van der Waals surface area contributed by atoms with Gasteiger partial charge in [0.1, 0.15) is 6.33 Å². The zero-order valence-electron chi connectivity index (χ0n) is 9.08. The molecule has 8 heteroatoms. The van der Waals surface area contributed by atoms with Crippen molar-refractivity contribution >= 4 is 5.91 Å². The lowest BCUT2D eigenvalue weighted by Gasteiger charge is -2.00. The van der Waals surface area contributed by atoms with Crippen molar-refractivity contribution in [2.45, 2.75) is 6.54 Å². The van der Waals surface area contributed by atoms with Gasteiger partial charge in [-0.05, 0) is 6.07 Å². The van der Waals surface area contributed by atoms with E-state index in [1.165, 1.54) is 21.8 Å². The lowest BCUT2D eigenvalue weighted by Crippen LogP contribution is -2.31. The molecule has 0 atom stereocenters. The van der Waals surface area contributed by atoms with Crippen molar-refractivity contribution in [3.05, 3.63) is 40.5 Å². The first-order valence-corrected chi connectivity index (χ1v) is 4.79. The minimum absolute atomic E-state index is 0.0741. The molecule has 0 unspecified atom stereocenters. The Labute approximate surface area is 95.6 Å². The summed E-state index contributed by atoms with van der Waals surface area (Å²) < 4.78 is 7.55. The first-order chi connectivity index (χ1) is 8.13. The second-order valence-corrected chi connectivity index (χ2v) is 3.43. The van der Waals surface area contributed by atoms with Crippen LogP contribution in [0.2, 0.25) is 0 Å². The molecule has 2 aromatic heterocycles. The van der Waals surface area contributed by atoms with Crippen LogP contribution in [0, 0.1) is 0 Å². The number of hydrazine groups is 1. The van der Waals surface area contributed by atoms with Crippen molar-refractivity contribution in [1.29, 1.82) is 0 Å². The van der Waals surface area contributed by atoms with Crippen LogP contribution in [0.25, 0.3) is 0 Å². The molecule has 2 heterocycles. The molecule has 0 aromatic carbocycles. The molecule has 0 aliphatic carbocycles. The highest BCUT2D eigenvalue weighted by atomic mass is 16.3. The van der Waals surface area contributed by atoms with Gasteiger partial charge in [0, 0.05) is 12.6 Å². The van der Waals surface area contributed by atoms with E-state index in [2.05, 4.69) is 5.10 Å². The Balaban J connectivity index is 2.31. The van der Waals surface area contributed by atoms with Gasteiger partial charge in [0.05, 0.1) is 12.8 Å². The fourth-order valence-corrected chi connectivity index (χ4v) is 1.42. The average molecular weight is 237 g/mol. The van der Waals surface area contributed by atoms with Crippen molar-refractivity contribution in [3.63, 3.8) is 0 Å². The molecule has 0 radical (unpaired) electrons. The number of carbonyl (C=O) groups excluding carboxylic acids is 1. The summed E-state index contributed by atoms with van der Waals surface area (Å²) in [7, 11) is 1.59. The van der Waals surface area contributed by atoms with Gasteiger partial charge in [-0.3, -0.25) is 14.8 Å². The maximum atomic E-state index is 11.6. The summed E-state index contributed by atoms with van der Waals surface area (Å²) in [5, 5.41) is 3.88. The highest BCUT2D eigenvalue weighted by molar-refractivity contribution is 5.92. The molecule has 2 aromatic rings. The number of aromatic nitrogens is 3. The molecular formula is C9H11N5O3. The van der Waals surface area contributed by atoms with E-state index < -0.39 is 5.91 Å². The van der Waals surface area contributed by atoms with Gasteiger partial charge >= 0.3 is 11.6 Å². The van der Waals surface area contributed by atoms with E-state index >= 15 is 0 Å². The molecule has 0 aliphatic rings. The lowest BCUT2D eigenvalue weighted by molar-refractivity contribution is 0.0924. The van der Waals surface area contributed by atoms with Gasteiger partial charge in [-0.15, -0.1) is 0 Å². The minimum atomic E-state index is -0.547. The number of amides is 1. The summed E-state index contributed by atoms with van der Waals surface area (Å²) in [5.41, 5.74) is 2.23. The van der Waals surface area contributed by atoms with Gasteiger partial charge in [-0.25, -0.2) is 15.3 Å². The third-order valence-corrected chi connectivity index (χ3v) is 2.29. The highest BCUT2D eigenvalue weighted by Gasteiger charge is 2.15. The number of nitrogens with one attached hydrogen (secondary N) is 1. The maximum Gasteiger partial charge on any atom is 0.345 e. The standard InChI is InChI=1S/C9H11N5O3/c1-13-5-11-14(9(13)16)4-6-2-3-17-7(6)8(15)12-10/h2-3,5H,4,10H2,1H3,(H,12,15). The fourth-order valence-electron chi connectivity index (χ4n) is 1.42. The summed E-state index contributed by atoms with van der Waals surface area (Å²) in [4.78, 5) is 22.9. The van der Waals surface area contributed by atoms with E-state index in [9.17, 15) is 9.59 Å². The smallest absolute Gasteiger partial charge is 0.345 e. The van der Waals surface area contributed by atoms with Crippen LogP contribution in [0.5, 0.6) is 0 Å². The monoisotopic (exact) mass is 237 g/mol. The van der Waals surface area contributed by atoms with Crippen LogP contribution in [0.1, 0.15) is 16.1 Å². The van der Waals surface area contributed by atoms with Gasteiger partial charge < -0.3 is 4.42 Å². The van der Waals surface area contributed by atoms with Crippen LogP contribution in [-0.2, 0) is 13.6 Å².